The lowest BCUT2D eigenvalue weighted by atomic mass is 10.1. The van der Waals surface area contributed by atoms with Crippen molar-refractivity contribution in [2.75, 3.05) is 0 Å². The maximum Gasteiger partial charge on any atom is 0.135 e. The largest absolute Gasteiger partial charge is 0.388 e. The van der Waals surface area contributed by atoms with Crippen LogP contribution in [0.3, 0.4) is 0 Å². The first kappa shape index (κ1) is 12.0. The van der Waals surface area contributed by atoms with Crippen LogP contribution in [0.15, 0.2) is 36.9 Å². The van der Waals surface area contributed by atoms with Gasteiger partial charge in [0.2, 0.25) is 0 Å². The van der Waals surface area contributed by atoms with Crippen LogP contribution in [0.5, 0.6) is 0 Å². The van der Waals surface area contributed by atoms with Gasteiger partial charge in [-0.25, -0.2) is 9.37 Å². The molecule has 1 N–H and O–H groups in total. The molecule has 0 bridgehead atoms. The lowest BCUT2D eigenvalue weighted by Crippen LogP contribution is -1.99. The number of pyridine rings is 1. The Balaban J connectivity index is 2.55. The summed E-state index contributed by atoms with van der Waals surface area (Å²) in [6, 6.07) is 5.99. The summed E-state index contributed by atoms with van der Waals surface area (Å²) in [4.78, 5) is 4.07. The number of hydrogen-bond acceptors (Lipinski definition) is 2. The lowest BCUT2D eigenvalue weighted by Gasteiger charge is -2.11. The van der Waals surface area contributed by atoms with Gasteiger partial charge in [0.25, 0.3) is 0 Å². The number of aromatic nitrogens is 1. The zero-order valence-electron chi connectivity index (χ0n) is 9.03. The van der Waals surface area contributed by atoms with E-state index in [4.69, 9.17) is 11.6 Å². The molecule has 0 saturated heterocycles. The molecule has 1 unspecified atom stereocenters. The Morgan fingerprint density at radius 1 is 1.47 bits per heavy atom. The van der Waals surface area contributed by atoms with E-state index < -0.39 is 6.10 Å². The van der Waals surface area contributed by atoms with E-state index in [9.17, 15) is 9.50 Å². The number of hydrogen-bond donors (Lipinski definition) is 1. The van der Waals surface area contributed by atoms with Crippen molar-refractivity contribution in [1.29, 1.82) is 0 Å². The molecule has 0 aliphatic carbocycles. The minimum atomic E-state index is -0.734. The molecule has 0 amide bonds. The number of benzene rings is 1. The fourth-order valence-electron chi connectivity index (χ4n) is 1.65. The third kappa shape index (κ3) is 2.46. The van der Waals surface area contributed by atoms with Gasteiger partial charge in [0, 0.05) is 17.0 Å². The summed E-state index contributed by atoms with van der Waals surface area (Å²) in [6.07, 6.45) is 1.27. The maximum absolute atomic E-state index is 13.0. The molecule has 0 radical (unpaired) electrons. The average Bonchev–Trinajstić information content (AvgIpc) is 2.28. The topological polar surface area (TPSA) is 33.1 Å². The second-order valence-electron chi connectivity index (χ2n) is 3.75. The number of rotatable bonds is 3. The quantitative estimate of drug-likeness (QED) is 0.667. The van der Waals surface area contributed by atoms with E-state index >= 15 is 0 Å². The third-order valence-electron chi connectivity index (χ3n) is 2.51. The normalized spacial score (nSPS) is 12.6. The average molecular weight is 252 g/mol. The molecule has 1 aromatic heterocycles. The molecule has 1 aromatic carbocycles. The smallest absolute Gasteiger partial charge is 0.135 e. The van der Waals surface area contributed by atoms with E-state index in [1.807, 2.05) is 0 Å². The number of halogens is 2. The van der Waals surface area contributed by atoms with Crippen molar-refractivity contribution in [1.82, 2.24) is 4.98 Å². The van der Waals surface area contributed by atoms with Crippen molar-refractivity contribution in [2.24, 2.45) is 0 Å². The molecule has 0 fully saturated rings. The molecule has 17 heavy (non-hydrogen) atoms. The van der Waals surface area contributed by atoms with E-state index in [1.165, 1.54) is 12.1 Å². The fourth-order valence-corrected chi connectivity index (χ4v) is 1.92. The number of aliphatic hydroxyl groups excluding tert-OH is 1. The van der Waals surface area contributed by atoms with Crippen LogP contribution in [-0.4, -0.2) is 10.1 Å². The molecule has 1 heterocycles. The molecular weight excluding hydrogens is 241 g/mol. The van der Waals surface area contributed by atoms with Crippen molar-refractivity contribution < 1.29 is 9.50 Å². The van der Waals surface area contributed by atoms with Crippen LogP contribution in [0, 0.1) is 5.82 Å². The van der Waals surface area contributed by atoms with Gasteiger partial charge in [0.05, 0.1) is 11.6 Å². The first-order valence-corrected chi connectivity index (χ1v) is 5.54. The second-order valence-corrected chi connectivity index (χ2v) is 4.10. The van der Waals surface area contributed by atoms with E-state index in [1.54, 1.807) is 18.2 Å². The van der Waals surface area contributed by atoms with Crippen LogP contribution in [0.1, 0.15) is 18.1 Å². The van der Waals surface area contributed by atoms with Crippen LogP contribution >= 0.6 is 11.6 Å². The van der Waals surface area contributed by atoms with Gasteiger partial charge in [-0.05, 0) is 24.6 Å². The molecule has 0 aliphatic rings. The highest BCUT2D eigenvalue weighted by Crippen LogP contribution is 2.27. The third-order valence-corrected chi connectivity index (χ3v) is 2.81. The summed E-state index contributed by atoms with van der Waals surface area (Å²) in [5, 5.41) is 10.8. The minimum Gasteiger partial charge on any atom is -0.388 e. The van der Waals surface area contributed by atoms with Crippen molar-refractivity contribution >= 4 is 22.5 Å². The molecule has 2 rings (SSSR count). The Morgan fingerprint density at radius 3 is 2.94 bits per heavy atom. The Bertz CT molecular complexity index is 571. The summed E-state index contributed by atoms with van der Waals surface area (Å²) in [5.41, 5.74) is 1.01. The van der Waals surface area contributed by atoms with E-state index in [0.29, 0.717) is 17.5 Å². The zero-order valence-corrected chi connectivity index (χ0v) is 9.78. The summed E-state index contributed by atoms with van der Waals surface area (Å²) >= 11 is 5.96. The van der Waals surface area contributed by atoms with Gasteiger partial charge in [-0.15, -0.1) is 6.58 Å². The van der Waals surface area contributed by atoms with Gasteiger partial charge in [-0.3, -0.25) is 0 Å². The van der Waals surface area contributed by atoms with Crippen LogP contribution < -0.4 is 0 Å². The zero-order chi connectivity index (χ0) is 12.4. The van der Waals surface area contributed by atoms with Crippen LogP contribution in [-0.2, 0) is 0 Å². The van der Waals surface area contributed by atoms with Crippen molar-refractivity contribution in [3.8, 4) is 0 Å². The number of nitrogens with zero attached hydrogens (tertiary/aromatic N) is 1. The molecule has 2 nitrogen and oxygen atoms in total. The highest BCUT2D eigenvalue weighted by Gasteiger charge is 2.12. The predicted octanol–water partition coefficient (Wildman–Crippen LogP) is 3.64. The summed E-state index contributed by atoms with van der Waals surface area (Å²) in [6.45, 7) is 3.56. The summed E-state index contributed by atoms with van der Waals surface area (Å²) in [5.74, 6) is -0.361. The predicted molar refractivity (Wildman–Crippen MR) is 66.5 cm³/mol. The van der Waals surface area contributed by atoms with Gasteiger partial charge in [-0.2, -0.15) is 0 Å². The standard InChI is InChI=1S/C13H11ClFNO/c1-2-3-12(17)10-6-8-4-5-9(15)7-11(8)16-13(10)14/h2,4-7,12,17H,1,3H2. The van der Waals surface area contributed by atoms with Gasteiger partial charge in [-0.1, -0.05) is 17.7 Å². The first-order valence-electron chi connectivity index (χ1n) is 5.16. The van der Waals surface area contributed by atoms with Gasteiger partial charge < -0.3 is 5.11 Å². The minimum absolute atomic E-state index is 0.192. The Hall–Kier alpha value is -1.45. The molecule has 88 valence electrons. The van der Waals surface area contributed by atoms with Crippen LogP contribution in [0.2, 0.25) is 5.15 Å². The molecule has 0 spiro atoms. The SMILES string of the molecule is C=CCC(O)c1cc2ccc(F)cc2nc1Cl. The Morgan fingerprint density at radius 2 is 2.24 bits per heavy atom. The van der Waals surface area contributed by atoms with Crippen molar-refractivity contribution in [3.05, 3.63) is 53.5 Å². The van der Waals surface area contributed by atoms with Crippen molar-refractivity contribution in [2.45, 2.75) is 12.5 Å². The van der Waals surface area contributed by atoms with E-state index in [0.717, 1.165) is 5.39 Å². The fraction of sp³-hybridized carbons (Fsp3) is 0.154. The molecule has 0 aliphatic heterocycles. The van der Waals surface area contributed by atoms with Gasteiger partial charge >= 0.3 is 0 Å². The number of fused-ring (bicyclic) bond motifs is 1. The highest BCUT2D eigenvalue weighted by atomic mass is 35.5. The van der Waals surface area contributed by atoms with Gasteiger partial charge in [0.1, 0.15) is 11.0 Å². The van der Waals surface area contributed by atoms with Crippen LogP contribution in [0.4, 0.5) is 4.39 Å². The molecule has 1 atom stereocenters. The Kier molecular flexibility index (Phi) is 3.41. The maximum atomic E-state index is 13.0. The van der Waals surface area contributed by atoms with Gasteiger partial charge in [0.15, 0.2) is 0 Å². The monoisotopic (exact) mass is 251 g/mol. The summed E-state index contributed by atoms with van der Waals surface area (Å²) in [7, 11) is 0. The first-order chi connectivity index (χ1) is 8.11. The highest BCUT2D eigenvalue weighted by molar-refractivity contribution is 6.30. The summed E-state index contributed by atoms with van der Waals surface area (Å²) < 4.78 is 13.0. The molecule has 4 heteroatoms. The molecule has 0 saturated carbocycles. The second kappa shape index (κ2) is 4.82. The van der Waals surface area contributed by atoms with Crippen LogP contribution in [0.25, 0.3) is 10.9 Å². The van der Waals surface area contributed by atoms with E-state index in [-0.39, 0.29) is 11.0 Å². The van der Waals surface area contributed by atoms with Crippen molar-refractivity contribution in [3.63, 3.8) is 0 Å². The molecule has 2 aromatic rings. The molecular formula is C13H11ClFNO. The lowest BCUT2D eigenvalue weighted by molar-refractivity contribution is 0.181. The van der Waals surface area contributed by atoms with E-state index in [2.05, 4.69) is 11.6 Å². The number of aliphatic hydroxyl groups is 1. The Labute approximate surface area is 103 Å².